The van der Waals surface area contributed by atoms with Crippen LogP contribution < -0.4 is 5.32 Å². The van der Waals surface area contributed by atoms with Gasteiger partial charge in [0.25, 0.3) is 0 Å². The molecule has 1 N–H and O–H groups in total. The van der Waals surface area contributed by atoms with Crippen molar-refractivity contribution in [2.45, 2.75) is 25.2 Å². The third kappa shape index (κ3) is 4.86. The zero-order chi connectivity index (χ0) is 17.6. The molecule has 0 saturated carbocycles. The van der Waals surface area contributed by atoms with Gasteiger partial charge >= 0.3 is 0 Å². The second kappa shape index (κ2) is 8.21. The maximum Gasteiger partial charge on any atom is 0.230 e. The first-order valence-electron chi connectivity index (χ1n) is 7.55. The molecule has 3 aromatic rings. The van der Waals surface area contributed by atoms with Crippen LogP contribution in [0.3, 0.4) is 0 Å². The van der Waals surface area contributed by atoms with Crippen LogP contribution in [0.25, 0.3) is 0 Å². The lowest BCUT2D eigenvalue weighted by Crippen LogP contribution is -2.24. The van der Waals surface area contributed by atoms with Gasteiger partial charge in [-0.1, -0.05) is 30.0 Å². The number of tetrazole rings is 1. The van der Waals surface area contributed by atoms with Gasteiger partial charge in [0.15, 0.2) is 0 Å². The number of nitrogens with one attached hydrogen (secondary N) is 1. The summed E-state index contributed by atoms with van der Waals surface area (Å²) in [5.41, 5.74) is 1.42. The van der Waals surface area contributed by atoms with Crippen LogP contribution in [0.4, 0.5) is 4.39 Å². The van der Waals surface area contributed by atoms with E-state index in [4.69, 9.17) is 0 Å². The Hall–Kier alpha value is -2.26. The van der Waals surface area contributed by atoms with Crippen molar-refractivity contribution in [3.63, 3.8) is 0 Å². The highest BCUT2D eigenvalue weighted by Crippen LogP contribution is 2.17. The highest BCUT2D eigenvalue weighted by molar-refractivity contribution is 7.99. The van der Waals surface area contributed by atoms with Crippen LogP contribution in [0.15, 0.2) is 40.9 Å². The van der Waals surface area contributed by atoms with E-state index in [1.165, 1.54) is 17.8 Å². The normalized spacial score (nSPS) is 10.8. The van der Waals surface area contributed by atoms with Gasteiger partial charge in [-0.3, -0.25) is 4.79 Å². The maximum absolute atomic E-state index is 13.2. The number of aryl methyl sites for hydroxylation is 1. The van der Waals surface area contributed by atoms with Crippen LogP contribution in [0, 0.1) is 12.7 Å². The minimum atomic E-state index is -0.247. The molecule has 0 unspecified atom stereocenters. The molecule has 9 heteroatoms. The summed E-state index contributed by atoms with van der Waals surface area (Å²) in [6.45, 7) is 2.65. The highest BCUT2D eigenvalue weighted by atomic mass is 32.2. The number of rotatable bonds is 7. The predicted octanol–water partition coefficient (Wildman–Crippen LogP) is 2.64. The molecule has 6 nitrogen and oxygen atoms in total. The van der Waals surface area contributed by atoms with Gasteiger partial charge in [-0.15, -0.1) is 16.4 Å². The van der Waals surface area contributed by atoms with Crippen LogP contribution >= 0.6 is 23.1 Å². The monoisotopic (exact) mass is 377 g/mol. The summed E-state index contributed by atoms with van der Waals surface area (Å²) in [6, 6.07) is 8.78. The van der Waals surface area contributed by atoms with E-state index in [1.807, 2.05) is 17.5 Å². The molecule has 0 atom stereocenters. The molecule has 3 rings (SSSR count). The zero-order valence-corrected chi connectivity index (χ0v) is 15.1. The number of carbonyl (C=O) groups excluding carboxylic acids is 1. The molecule has 0 spiro atoms. The average Bonchev–Trinajstić information content (AvgIpc) is 3.26. The average molecular weight is 377 g/mol. The van der Waals surface area contributed by atoms with E-state index in [0.29, 0.717) is 23.8 Å². The van der Waals surface area contributed by atoms with Crippen molar-refractivity contribution in [1.29, 1.82) is 0 Å². The summed E-state index contributed by atoms with van der Waals surface area (Å²) in [5.74, 6) is -0.161. The number of halogens is 1. The van der Waals surface area contributed by atoms with Crippen LogP contribution in [-0.4, -0.2) is 31.9 Å². The standard InChI is InChI=1S/C16H16FN5OS2/c1-11-7-12(4-5-14(11)17)8-18-15(23)10-25-16-19-20-21-22(16)9-13-3-2-6-24-13/h2-7H,8-10H2,1H3,(H,18,23). The fraction of sp³-hybridized carbons (Fsp3) is 0.250. The summed E-state index contributed by atoms with van der Waals surface area (Å²) < 4.78 is 14.9. The molecular weight excluding hydrogens is 361 g/mol. The Balaban J connectivity index is 1.49. The first-order valence-corrected chi connectivity index (χ1v) is 9.41. The van der Waals surface area contributed by atoms with Gasteiger partial charge in [0.2, 0.25) is 11.1 Å². The van der Waals surface area contributed by atoms with Crippen molar-refractivity contribution in [3.8, 4) is 0 Å². The smallest absolute Gasteiger partial charge is 0.230 e. The predicted molar refractivity (Wildman–Crippen MR) is 94.9 cm³/mol. The van der Waals surface area contributed by atoms with Crippen molar-refractivity contribution in [1.82, 2.24) is 25.5 Å². The van der Waals surface area contributed by atoms with Gasteiger partial charge in [-0.05, 0) is 46.0 Å². The topological polar surface area (TPSA) is 72.7 Å². The van der Waals surface area contributed by atoms with Crippen LogP contribution in [0.1, 0.15) is 16.0 Å². The molecule has 25 heavy (non-hydrogen) atoms. The van der Waals surface area contributed by atoms with Crippen LogP contribution in [0.2, 0.25) is 0 Å². The van der Waals surface area contributed by atoms with Crippen molar-refractivity contribution in [2.75, 3.05) is 5.75 Å². The molecule has 0 saturated heterocycles. The second-order valence-electron chi connectivity index (χ2n) is 5.35. The van der Waals surface area contributed by atoms with E-state index >= 15 is 0 Å². The molecule has 1 amide bonds. The number of benzene rings is 1. The number of amides is 1. The van der Waals surface area contributed by atoms with Gasteiger partial charge in [-0.25, -0.2) is 9.07 Å². The lowest BCUT2D eigenvalue weighted by atomic mass is 10.1. The molecule has 2 aromatic heterocycles. The first-order chi connectivity index (χ1) is 12.1. The Morgan fingerprint density at radius 3 is 3.04 bits per heavy atom. The summed E-state index contributed by atoms with van der Waals surface area (Å²) >= 11 is 2.91. The molecule has 0 aliphatic carbocycles. The number of thioether (sulfide) groups is 1. The summed E-state index contributed by atoms with van der Waals surface area (Å²) in [6.07, 6.45) is 0. The molecule has 0 aliphatic rings. The quantitative estimate of drug-likeness (QED) is 0.641. The van der Waals surface area contributed by atoms with Crippen molar-refractivity contribution < 1.29 is 9.18 Å². The van der Waals surface area contributed by atoms with Gasteiger partial charge in [0, 0.05) is 11.4 Å². The Bertz CT molecular complexity index is 850. The van der Waals surface area contributed by atoms with Crippen LogP contribution in [-0.2, 0) is 17.9 Å². The molecule has 0 bridgehead atoms. The van der Waals surface area contributed by atoms with E-state index in [1.54, 1.807) is 35.1 Å². The molecule has 130 valence electrons. The number of hydrogen-bond donors (Lipinski definition) is 1. The van der Waals surface area contributed by atoms with Gasteiger partial charge in [0.1, 0.15) is 5.82 Å². The maximum atomic E-state index is 13.2. The summed E-state index contributed by atoms with van der Waals surface area (Å²) in [4.78, 5) is 13.2. The van der Waals surface area contributed by atoms with Gasteiger partial charge in [0.05, 0.1) is 12.3 Å². The van der Waals surface area contributed by atoms with Crippen molar-refractivity contribution in [2.24, 2.45) is 0 Å². The minimum Gasteiger partial charge on any atom is -0.351 e. The van der Waals surface area contributed by atoms with E-state index in [9.17, 15) is 9.18 Å². The Labute approximate surface area is 152 Å². The second-order valence-corrected chi connectivity index (χ2v) is 7.32. The molecule has 0 fully saturated rings. The highest BCUT2D eigenvalue weighted by Gasteiger charge is 2.11. The Morgan fingerprint density at radius 2 is 2.28 bits per heavy atom. The van der Waals surface area contributed by atoms with Crippen LogP contribution in [0.5, 0.6) is 0 Å². The fourth-order valence-electron chi connectivity index (χ4n) is 2.15. The van der Waals surface area contributed by atoms with Gasteiger partial charge < -0.3 is 5.32 Å². The van der Waals surface area contributed by atoms with Gasteiger partial charge in [-0.2, -0.15) is 0 Å². The Kier molecular flexibility index (Phi) is 5.77. The fourth-order valence-corrected chi connectivity index (χ4v) is 3.54. The van der Waals surface area contributed by atoms with Crippen molar-refractivity contribution >= 4 is 29.0 Å². The third-order valence-corrected chi connectivity index (χ3v) is 5.25. The van der Waals surface area contributed by atoms with E-state index < -0.39 is 0 Å². The zero-order valence-electron chi connectivity index (χ0n) is 13.5. The molecule has 1 aromatic carbocycles. The minimum absolute atomic E-state index is 0.127. The third-order valence-electron chi connectivity index (χ3n) is 3.43. The number of carbonyl (C=O) groups is 1. The number of aromatic nitrogens is 4. The van der Waals surface area contributed by atoms with E-state index in [2.05, 4.69) is 20.8 Å². The lowest BCUT2D eigenvalue weighted by Gasteiger charge is -2.07. The number of thiophene rings is 1. The molecule has 2 heterocycles. The van der Waals surface area contributed by atoms with E-state index in [-0.39, 0.29) is 17.5 Å². The van der Waals surface area contributed by atoms with E-state index in [0.717, 1.165) is 10.4 Å². The largest absolute Gasteiger partial charge is 0.351 e. The summed E-state index contributed by atoms with van der Waals surface area (Å²) in [7, 11) is 0. The Morgan fingerprint density at radius 1 is 1.40 bits per heavy atom. The molecule has 0 radical (unpaired) electrons. The lowest BCUT2D eigenvalue weighted by molar-refractivity contribution is -0.118. The summed E-state index contributed by atoms with van der Waals surface area (Å²) in [5, 5.41) is 17.0. The number of hydrogen-bond acceptors (Lipinski definition) is 6. The first kappa shape index (κ1) is 17.6. The number of nitrogens with zero attached hydrogens (tertiary/aromatic N) is 4. The molecular formula is C16H16FN5OS2. The SMILES string of the molecule is Cc1cc(CNC(=O)CSc2nnnn2Cc2cccs2)ccc1F. The van der Waals surface area contributed by atoms with Crippen molar-refractivity contribution in [3.05, 3.63) is 57.5 Å². The molecule has 0 aliphatic heterocycles.